The smallest absolute Gasteiger partial charge is 0.0261 e. The molecule has 0 bridgehead atoms. The summed E-state index contributed by atoms with van der Waals surface area (Å²) in [4.78, 5) is 2.77. The van der Waals surface area contributed by atoms with Crippen molar-refractivity contribution in [1.29, 1.82) is 0 Å². The van der Waals surface area contributed by atoms with Crippen LogP contribution in [0.4, 0.5) is 0 Å². The molecule has 0 spiro atoms. The third kappa shape index (κ3) is 2.76. The molecule has 0 aromatic heterocycles. The number of nitrogens with one attached hydrogen (secondary N) is 1. The van der Waals surface area contributed by atoms with Crippen LogP contribution in [0.3, 0.4) is 0 Å². The zero-order valence-electron chi connectivity index (χ0n) is 3.76. The molecule has 1 aliphatic rings. The molecular weight excluding hydrogens is 132 g/mol. The molecule has 1 rings (SSSR count). The van der Waals surface area contributed by atoms with E-state index in [0.717, 1.165) is 12.2 Å². The van der Waals surface area contributed by atoms with E-state index in [2.05, 4.69) is 9.93 Å². The van der Waals surface area contributed by atoms with Crippen molar-refractivity contribution >= 4 is 30.6 Å². The van der Waals surface area contributed by atoms with Gasteiger partial charge in [0.25, 0.3) is 0 Å². The summed E-state index contributed by atoms with van der Waals surface area (Å²) in [7, 11) is 0. The SMILES string of the molecule is C1=NNSCC1.Cl. The van der Waals surface area contributed by atoms with Crippen molar-refractivity contribution < 1.29 is 0 Å². The summed E-state index contributed by atoms with van der Waals surface area (Å²) in [6.07, 6.45) is 2.99. The van der Waals surface area contributed by atoms with Crippen LogP contribution in [0.1, 0.15) is 6.42 Å². The maximum Gasteiger partial charge on any atom is 0.0261 e. The minimum Gasteiger partial charge on any atom is -0.252 e. The first-order valence-electron chi connectivity index (χ1n) is 1.88. The zero-order valence-corrected chi connectivity index (χ0v) is 5.39. The number of halogens is 1. The van der Waals surface area contributed by atoms with Gasteiger partial charge >= 0.3 is 0 Å². The molecule has 0 aromatic carbocycles. The third-order valence-electron chi connectivity index (χ3n) is 0.558. The highest BCUT2D eigenvalue weighted by atomic mass is 35.5. The molecule has 42 valence electrons. The van der Waals surface area contributed by atoms with Crippen molar-refractivity contribution in [2.75, 3.05) is 5.75 Å². The maximum absolute atomic E-state index is 3.77. The summed E-state index contributed by atoms with van der Waals surface area (Å²) >= 11 is 1.65. The zero-order chi connectivity index (χ0) is 4.24. The van der Waals surface area contributed by atoms with E-state index < -0.39 is 0 Å². The molecule has 0 radical (unpaired) electrons. The van der Waals surface area contributed by atoms with Crippen LogP contribution >= 0.6 is 24.4 Å². The van der Waals surface area contributed by atoms with Crippen LogP contribution in [0.5, 0.6) is 0 Å². The Kier molecular flexibility index (Phi) is 4.34. The highest BCUT2D eigenvalue weighted by Crippen LogP contribution is 1.97. The lowest BCUT2D eigenvalue weighted by Crippen LogP contribution is -2.01. The van der Waals surface area contributed by atoms with Crippen molar-refractivity contribution in [3.05, 3.63) is 0 Å². The lowest BCUT2D eigenvalue weighted by molar-refractivity contribution is 1.07. The van der Waals surface area contributed by atoms with Crippen molar-refractivity contribution in [2.45, 2.75) is 6.42 Å². The summed E-state index contributed by atoms with van der Waals surface area (Å²) < 4.78 is 0. The molecule has 0 saturated carbocycles. The fourth-order valence-corrected chi connectivity index (χ4v) is 0.760. The standard InChI is InChI=1S/C3H6N2S.ClH/c1-2-4-5-6-3-1;/h2,5H,1,3H2;1H. The van der Waals surface area contributed by atoms with Gasteiger partial charge < -0.3 is 0 Å². The Morgan fingerprint density at radius 3 is 2.71 bits per heavy atom. The summed E-state index contributed by atoms with van der Waals surface area (Å²) in [6.45, 7) is 0. The second-order valence-corrected chi connectivity index (χ2v) is 1.92. The Labute approximate surface area is 53.3 Å². The van der Waals surface area contributed by atoms with Crippen LogP contribution in [0.2, 0.25) is 0 Å². The average molecular weight is 139 g/mol. The van der Waals surface area contributed by atoms with Gasteiger partial charge in [-0.2, -0.15) is 5.10 Å². The third-order valence-corrected chi connectivity index (χ3v) is 1.23. The fraction of sp³-hybridized carbons (Fsp3) is 0.667. The van der Waals surface area contributed by atoms with Crippen LogP contribution in [-0.4, -0.2) is 12.0 Å². The maximum atomic E-state index is 3.77. The Morgan fingerprint density at radius 2 is 2.57 bits per heavy atom. The lowest BCUT2D eigenvalue weighted by Gasteiger charge is -1.99. The predicted octanol–water partition coefficient (Wildman–Crippen LogP) is 1.04. The van der Waals surface area contributed by atoms with E-state index in [9.17, 15) is 0 Å². The second kappa shape index (κ2) is 4.27. The van der Waals surface area contributed by atoms with Gasteiger partial charge in [0.05, 0.1) is 0 Å². The van der Waals surface area contributed by atoms with Gasteiger partial charge in [-0.3, -0.25) is 4.83 Å². The lowest BCUT2D eigenvalue weighted by atomic mass is 10.5. The molecular formula is C3H7ClN2S. The van der Waals surface area contributed by atoms with Crippen LogP contribution in [-0.2, 0) is 0 Å². The van der Waals surface area contributed by atoms with Gasteiger partial charge in [0.15, 0.2) is 0 Å². The monoisotopic (exact) mass is 138 g/mol. The van der Waals surface area contributed by atoms with Crippen molar-refractivity contribution in [3.63, 3.8) is 0 Å². The van der Waals surface area contributed by atoms with Crippen molar-refractivity contribution in [2.24, 2.45) is 5.10 Å². The molecule has 1 heterocycles. The summed E-state index contributed by atoms with van der Waals surface area (Å²) in [6, 6.07) is 0. The number of hydrogen-bond donors (Lipinski definition) is 1. The van der Waals surface area contributed by atoms with E-state index in [0.29, 0.717) is 0 Å². The van der Waals surface area contributed by atoms with Crippen LogP contribution in [0.15, 0.2) is 5.10 Å². The Hall–Kier alpha value is 0.110. The minimum atomic E-state index is 0. The molecule has 0 aromatic rings. The number of rotatable bonds is 0. The van der Waals surface area contributed by atoms with E-state index in [1.54, 1.807) is 11.9 Å². The molecule has 0 saturated heterocycles. The van der Waals surface area contributed by atoms with Gasteiger partial charge in [-0.15, -0.1) is 12.4 Å². The van der Waals surface area contributed by atoms with E-state index in [4.69, 9.17) is 0 Å². The molecule has 4 heteroatoms. The normalized spacial score (nSPS) is 17.1. The van der Waals surface area contributed by atoms with Gasteiger partial charge in [-0.1, -0.05) is 0 Å². The molecule has 0 fully saturated rings. The van der Waals surface area contributed by atoms with Gasteiger partial charge in [0.2, 0.25) is 0 Å². The van der Waals surface area contributed by atoms with Gasteiger partial charge in [0, 0.05) is 12.0 Å². The molecule has 0 atom stereocenters. The van der Waals surface area contributed by atoms with E-state index in [1.165, 1.54) is 0 Å². The van der Waals surface area contributed by atoms with E-state index in [-0.39, 0.29) is 12.4 Å². The Bertz CT molecular complexity index is 58.0. The average Bonchev–Trinajstić information content (AvgIpc) is 1.72. The first-order valence-corrected chi connectivity index (χ1v) is 2.87. The topological polar surface area (TPSA) is 24.4 Å². The summed E-state index contributed by atoms with van der Waals surface area (Å²) in [5.74, 6) is 1.16. The van der Waals surface area contributed by atoms with Crippen molar-refractivity contribution in [1.82, 2.24) is 4.83 Å². The summed E-state index contributed by atoms with van der Waals surface area (Å²) in [5, 5.41) is 3.77. The Morgan fingerprint density at radius 1 is 1.71 bits per heavy atom. The largest absolute Gasteiger partial charge is 0.252 e. The predicted molar refractivity (Wildman–Crippen MR) is 36.0 cm³/mol. The quantitative estimate of drug-likeness (QED) is 0.506. The van der Waals surface area contributed by atoms with E-state index in [1.807, 2.05) is 6.21 Å². The highest BCUT2D eigenvalue weighted by molar-refractivity contribution is 7.97. The molecule has 7 heavy (non-hydrogen) atoms. The summed E-state index contributed by atoms with van der Waals surface area (Å²) in [5.41, 5.74) is 0. The first kappa shape index (κ1) is 7.11. The number of nitrogens with zero attached hydrogens (tertiary/aromatic N) is 1. The molecule has 1 N–H and O–H groups in total. The second-order valence-electron chi connectivity index (χ2n) is 1.04. The minimum absolute atomic E-state index is 0. The van der Waals surface area contributed by atoms with Crippen LogP contribution in [0, 0.1) is 0 Å². The van der Waals surface area contributed by atoms with Crippen molar-refractivity contribution in [3.8, 4) is 0 Å². The van der Waals surface area contributed by atoms with E-state index >= 15 is 0 Å². The molecule has 1 aliphatic heterocycles. The first-order chi connectivity index (χ1) is 3.00. The molecule has 0 unspecified atom stereocenters. The molecule has 2 nitrogen and oxygen atoms in total. The molecule has 0 aliphatic carbocycles. The van der Waals surface area contributed by atoms with Crippen LogP contribution in [0.25, 0.3) is 0 Å². The van der Waals surface area contributed by atoms with Crippen LogP contribution < -0.4 is 4.83 Å². The Balaban J connectivity index is 0.000000360. The van der Waals surface area contributed by atoms with Gasteiger partial charge in [0.1, 0.15) is 0 Å². The molecule has 0 amide bonds. The number of hydrazone groups is 1. The number of hydrogen-bond acceptors (Lipinski definition) is 3. The fourth-order valence-electron chi connectivity index (χ4n) is 0.296. The van der Waals surface area contributed by atoms with Gasteiger partial charge in [-0.05, 0) is 18.4 Å². The van der Waals surface area contributed by atoms with Gasteiger partial charge in [-0.25, -0.2) is 0 Å². The highest BCUT2D eigenvalue weighted by Gasteiger charge is 1.86.